The van der Waals surface area contributed by atoms with E-state index in [4.69, 9.17) is 0 Å². The Morgan fingerprint density at radius 2 is 2.08 bits per heavy atom. The third kappa shape index (κ3) is 1.33. The number of rotatable bonds is 0. The van der Waals surface area contributed by atoms with Crippen LogP contribution >= 0.6 is 0 Å². The summed E-state index contributed by atoms with van der Waals surface area (Å²) in [7, 11) is 0. The average Bonchev–Trinajstić information content (AvgIpc) is 2.05. The van der Waals surface area contributed by atoms with Crippen molar-refractivity contribution >= 4 is 0 Å². The Hall–Kier alpha value is -0.920. The van der Waals surface area contributed by atoms with Gasteiger partial charge in [-0.15, -0.1) is 0 Å². The lowest BCUT2D eigenvalue weighted by atomic mass is 9.91. The number of halogens is 2. The predicted molar refractivity (Wildman–Crippen MR) is 43.3 cm³/mol. The van der Waals surface area contributed by atoms with Gasteiger partial charge in [0, 0.05) is 6.42 Å². The van der Waals surface area contributed by atoms with Crippen LogP contribution in [0.3, 0.4) is 0 Å². The van der Waals surface area contributed by atoms with Crippen LogP contribution in [0.5, 0.6) is 0 Å². The zero-order chi connectivity index (χ0) is 8.55. The van der Waals surface area contributed by atoms with Crippen molar-refractivity contribution in [1.82, 2.24) is 0 Å². The summed E-state index contributed by atoms with van der Waals surface area (Å²) in [6.07, 6.45) is 0.934. The molecule has 0 saturated carbocycles. The normalized spacial score (nSPS) is 22.0. The molecule has 0 spiro atoms. The van der Waals surface area contributed by atoms with Crippen LogP contribution in [0.15, 0.2) is 18.2 Å². The molecule has 0 aromatic heterocycles. The summed E-state index contributed by atoms with van der Waals surface area (Å²) in [6, 6.07) is 4.61. The molecule has 64 valence electrons. The van der Waals surface area contributed by atoms with Gasteiger partial charge in [-0.2, -0.15) is 0 Å². The second-order valence-electron chi connectivity index (χ2n) is 3.25. The summed E-state index contributed by atoms with van der Waals surface area (Å²) in [6.45, 7) is 0. The van der Waals surface area contributed by atoms with E-state index in [9.17, 15) is 8.78 Å². The molecular formula is C10H10F2. The zero-order valence-corrected chi connectivity index (χ0v) is 6.69. The van der Waals surface area contributed by atoms with Gasteiger partial charge in [-0.1, -0.05) is 6.07 Å². The molecule has 1 atom stereocenters. The minimum atomic E-state index is -0.733. The SMILES string of the molecule is Fc1ccc2c(c1)CCC(F)C2. The molecule has 0 heterocycles. The summed E-state index contributed by atoms with van der Waals surface area (Å²) < 4.78 is 25.6. The van der Waals surface area contributed by atoms with Crippen LogP contribution in [0.4, 0.5) is 8.78 Å². The van der Waals surface area contributed by atoms with Crippen molar-refractivity contribution in [3.05, 3.63) is 35.1 Å². The first-order chi connectivity index (χ1) is 5.75. The van der Waals surface area contributed by atoms with E-state index in [-0.39, 0.29) is 5.82 Å². The van der Waals surface area contributed by atoms with Crippen LogP contribution in [-0.2, 0) is 12.8 Å². The van der Waals surface area contributed by atoms with Crippen molar-refractivity contribution in [1.29, 1.82) is 0 Å². The molecule has 0 saturated heterocycles. The van der Waals surface area contributed by atoms with Crippen LogP contribution < -0.4 is 0 Å². The summed E-state index contributed by atoms with van der Waals surface area (Å²) in [4.78, 5) is 0. The molecule has 12 heavy (non-hydrogen) atoms. The first kappa shape index (κ1) is 7.71. The number of hydrogen-bond donors (Lipinski definition) is 0. The summed E-state index contributed by atoms with van der Waals surface area (Å²) in [5, 5.41) is 0. The highest BCUT2D eigenvalue weighted by Gasteiger charge is 2.17. The summed E-state index contributed by atoms with van der Waals surface area (Å²) in [5.74, 6) is -0.217. The largest absolute Gasteiger partial charge is 0.247 e. The minimum Gasteiger partial charge on any atom is -0.247 e. The standard InChI is InChI=1S/C10H10F2/c11-9-3-1-7-5-10(12)4-2-8(7)6-9/h1,3,6,10H,2,4-5H2. The maximum absolute atomic E-state index is 12.9. The second kappa shape index (κ2) is 2.85. The highest BCUT2D eigenvalue weighted by Crippen LogP contribution is 2.23. The van der Waals surface area contributed by atoms with Crippen LogP contribution in [0.1, 0.15) is 17.5 Å². The Morgan fingerprint density at radius 3 is 2.92 bits per heavy atom. The number of aryl methyl sites for hydroxylation is 1. The van der Waals surface area contributed by atoms with Gasteiger partial charge in [-0.05, 0) is 36.1 Å². The Kier molecular flexibility index (Phi) is 1.83. The number of hydrogen-bond acceptors (Lipinski definition) is 0. The van der Waals surface area contributed by atoms with Gasteiger partial charge in [-0.25, -0.2) is 8.78 Å². The van der Waals surface area contributed by atoms with Gasteiger partial charge in [0.1, 0.15) is 12.0 Å². The molecule has 1 aromatic rings. The zero-order valence-electron chi connectivity index (χ0n) is 6.69. The Balaban J connectivity index is 2.37. The minimum absolute atomic E-state index is 0.217. The van der Waals surface area contributed by atoms with Crippen molar-refractivity contribution in [2.45, 2.75) is 25.4 Å². The fourth-order valence-corrected chi connectivity index (χ4v) is 1.68. The van der Waals surface area contributed by atoms with E-state index in [2.05, 4.69) is 0 Å². The maximum Gasteiger partial charge on any atom is 0.123 e. The third-order valence-electron chi connectivity index (χ3n) is 2.34. The summed E-state index contributed by atoms with van der Waals surface area (Å²) in [5.41, 5.74) is 1.94. The molecule has 1 unspecified atom stereocenters. The van der Waals surface area contributed by atoms with Crippen molar-refractivity contribution < 1.29 is 8.78 Å². The molecular weight excluding hydrogens is 158 g/mol. The maximum atomic E-state index is 12.9. The molecule has 0 aliphatic heterocycles. The van der Waals surface area contributed by atoms with Crippen molar-refractivity contribution in [3.63, 3.8) is 0 Å². The van der Waals surface area contributed by atoms with E-state index < -0.39 is 6.17 Å². The second-order valence-corrected chi connectivity index (χ2v) is 3.25. The molecule has 0 nitrogen and oxygen atoms in total. The Morgan fingerprint density at radius 1 is 1.25 bits per heavy atom. The molecule has 2 rings (SSSR count). The van der Waals surface area contributed by atoms with E-state index in [0.717, 1.165) is 11.1 Å². The Bertz CT molecular complexity index is 294. The van der Waals surface area contributed by atoms with Crippen LogP contribution in [0.25, 0.3) is 0 Å². The predicted octanol–water partition coefficient (Wildman–Crippen LogP) is 2.65. The van der Waals surface area contributed by atoms with Gasteiger partial charge in [0.25, 0.3) is 0 Å². The molecule has 0 fully saturated rings. The third-order valence-corrected chi connectivity index (χ3v) is 2.34. The molecule has 1 aliphatic rings. The monoisotopic (exact) mass is 168 g/mol. The van der Waals surface area contributed by atoms with Crippen LogP contribution in [0, 0.1) is 5.82 Å². The van der Waals surface area contributed by atoms with E-state index in [1.54, 1.807) is 6.07 Å². The number of fused-ring (bicyclic) bond motifs is 1. The van der Waals surface area contributed by atoms with Crippen molar-refractivity contribution in [2.75, 3.05) is 0 Å². The lowest BCUT2D eigenvalue weighted by Crippen LogP contribution is -2.14. The first-order valence-electron chi connectivity index (χ1n) is 4.17. The van der Waals surface area contributed by atoms with Crippen molar-refractivity contribution in [3.8, 4) is 0 Å². The van der Waals surface area contributed by atoms with Gasteiger partial charge in [-0.3, -0.25) is 0 Å². The van der Waals surface area contributed by atoms with Crippen LogP contribution in [-0.4, -0.2) is 6.17 Å². The average molecular weight is 168 g/mol. The molecule has 0 bridgehead atoms. The van der Waals surface area contributed by atoms with Gasteiger partial charge >= 0.3 is 0 Å². The van der Waals surface area contributed by atoms with E-state index in [1.165, 1.54) is 12.1 Å². The fraction of sp³-hybridized carbons (Fsp3) is 0.400. The molecule has 1 aliphatic carbocycles. The molecule has 0 N–H and O–H groups in total. The number of benzene rings is 1. The van der Waals surface area contributed by atoms with Crippen molar-refractivity contribution in [2.24, 2.45) is 0 Å². The highest BCUT2D eigenvalue weighted by atomic mass is 19.1. The van der Waals surface area contributed by atoms with E-state index in [1.807, 2.05) is 0 Å². The first-order valence-corrected chi connectivity index (χ1v) is 4.17. The van der Waals surface area contributed by atoms with Gasteiger partial charge < -0.3 is 0 Å². The summed E-state index contributed by atoms with van der Waals surface area (Å²) >= 11 is 0. The van der Waals surface area contributed by atoms with Gasteiger partial charge in [0.15, 0.2) is 0 Å². The Labute approximate surface area is 70.2 Å². The molecule has 0 radical (unpaired) electrons. The lowest BCUT2D eigenvalue weighted by molar-refractivity contribution is 0.301. The smallest absolute Gasteiger partial charge is 0.123 e. The molecule has 0 amide bonds. The fourth-order valence-electron chi connectivity index (χ4n) is 1.68. The molecule has 1 aromatic carbocycles. The molecule has 2 heteroatoms. The van der Waals surface area contributed by atoms with Gasteiger partial charge in [0.05, 0.1) is 0 Å². The van der Waals surface area contributed by atoms with E-state index >= 15 is 0 Å². The highest BCUT2D eigenvalue weighted by molar-refractivity contribution is 5.30. The van der Waals surface area contributed by atoms with Crippen LogP contribution in [0.2, 0.25) is 0 Å². The lowest BCUT2D eigenvalue weighted by Gasteiger charge is -2.18. The topological polar surface area (TPSA) is 0 Å². The number of alkyl halides is 1. The van der Waals surface area contributed by atoms with Gasteiger partial charge in [0.2, 0.25) is 0 Å². The van der Waals surface area contributed by atoms with E-state index in [0.29, 0.717) is 19.3 Å². The quantitative estimate of drug-likeness (QED) is 0.558.